The standard InChI is InChI=1S/C16H19ClN2O2/c1-2-3-9-14-18-16(17)13(10-15(20)21)19(14)11-12-7-5-4-6-8-12/h4-8H,2-3,9-11H2,1H3,(H,20,21). The quantitative estimate of drug-likeness (QED) is 0.851. The van der Waals surface area contributed by atoms with Gasteiger partial charge in [0.2, 0.25) is 0 Å². The van der Waals surface area contributed by atoms with E-state index in [4.69, 9.17) is 16.7 Å². The molecule has 0 spiro atoms. The van der Waals surface area contributed by atoms with Gasteiger partial charge in [-0.25, -0.2) is 4.98 Å². The summed E-state index contributed by atoms with van der Waals surface area (Å²) in [6.07, 6.45) is 2.77. The number of aliphatic carboxylic acids is 1. The Hall–Kier alpha value is -1.81. The molecule has 0 fully saturated rings. The van der Waals surface area contributed by atoms with Gasteiger partial charge >= 0.3 is 5.97 Å². The Bertz CT molecular complexity index is 608. The molecule has 112 valence electrons. The number of carbonyl (C=O) groups is 1. The van der Waals surface area contributed by atoms with Crippen LogP contribution in [0.4, 0.5) is 0 Å². The van der Waals surface area contributed by atoms with Crippen molar-refractivity contribution >= 4 is 17.6 Å². The van der Waals surface area contributed by atoms with Gasteiger partial charge in [0.15, 0.2) is 5.15 Å². The smallest absolute Gasteiger partial charge is 0.309 e. The molecule has 4 nitrogen and oxygen atoms in total. The number of unbranched alkanes of at least 4 members (excludes halogenated alkanes) is 1. The molecule has 1 aromatic heterocycles. The number of aryl methyl sites for hydroxylation is 1. The highest BCUT2D eigenvalue weighted by atomic mass is 35.5. The average molecular weight is 307 g/mol. The summed E-state index contributed by atoms with van der Waals surface area (Å²) < 4.78 is 1.95. The second-order valence-corrected chi connectivity index (χ2v) is 5.37. The molecule has 1 aromatic carbocycles. The Kier molecular flexibility index (Phi) is 5.39. The number of imidazole rings is 1. The van der Waals surface area contributed by atoms with E-state index < -0.39 is 5.97 Å². The van der Waals surface area contributed by atoms with Gasteiger partial charge in [0, 0.05) is 13.0 Å². The number of nitrogens with zero attached hydrogens (tertiary/aromatic N) is 2. The van der Waals surface area contributed by atoms with Crippen molar-refractivity contribution in [2.24, 2.45) is 0 Å². The lowest BCUT2D eigenvalue weighted by Gasteiger charge is -2.11. The number of carboxylic acid groups (broad SMARTS) is 1. The Morgan fingerprint density at radius 1 is 1.33 bits per heavy atom. The number of hydrogen-bond donors (Lipinski definition) is 1. The predicted molar refractivity (Wildman–Crippen MR) is 82.7 cm³/mol. The van der Waals surface area contributed by atoms with E-state index in [-0.39, 0.29) is 6.42 Å². The van der Waals surface area contributed by atoms with Crippen LogP contribution >= 0.6 is 11.6 Å². The molecule has 2 aromatic rings. The van der Waals surface area contributed by atoms with E-state index in [1.807, 2.05) is 34.9 Å². The van der Waals surface area contributed by atoms with Crippen molar-refractivity contribution in [3.05, 3.63) is 52.6 Å². The van der Waals surface area contributed by atoms with Crippen molar-refractivity contribution in [1.82, 2.24) is 9.55 Å². The van der Waals surface area contributed by atoms with E-state index in [2.05, 4.69) is 11.9 Å². The molecule has 2 rings (SSSR count). The van der Waals surface area contributed by atoms with Crippen LogP contribution in [-0.4, -0.2) is 20.6 Å². The largest absolute Gasteiger partial charge is 0.481 e. The van der Waals surface area contributed by atoms with Gasteiger partial charge in [-0.1, -0.05) is 55.3 Å². The second kappa shape index (κ2) is 7.27. The molecule has 1 heterocycles. The van der Waals surface area contributed by atoms with E-state index in [0.29, 0.717) is 17.4 Å². The third kappa shape index (κ3) is 4.08. The van der Waals surface area contributed by atoms with Crippen molar-refractivity contribution in [2.45, 2.75) is 39.2 Å². The number of hydrogen-bond acceptors (Lipinski definition) is 2. The molecule has 0 saturated carbocycles. The lowest BCUT2D eigenvalue weighted by molar-refractivity contribution is -0.136. The van der Waals surface area contributed by atoms with Crippen LogP contribution in [0.1, 0.15) is 36.8 Å². The first-order chi connectivity index (χ1) is 10.1. The van der Waals surface area contributed by atoms with Crippen molar-refractivity contribution in [1.29, 1.82) is 0 Å². The topological polar surface area (TPSA) is 55.1 Å². The van der Waals surface area contributed by atoms with Crippen LogP contribution in [0.15, 0.2) is 30.3 Å². The second-order valence-electron chi connectivity index (χ2n) is 5.01. The van der Waals surface area contributed by atoms with Crippen molar-refractivity contribution < 1.29 is 9.90 Å². The lowest BCUT2D eigenvalue weighted by atomic mass is 10.2. The first-order valence-electron chi connectivity index (χ1n) is 7.11. The maximum absolute atomic E-state index is 11.0. The molecule has 0 aliphatic carbocycles. The van der Waals surface area contributed by atoms with Gasteiger partial charge < -0.3 is 9.67 Å². The predicted octanol–water partition coefficient (Wildman–Crippen LogP) is 3.55. The van der Waals surface area contributed by atoms with Crippen LogP contribution in [0.3, 0.4) is 0 Å². The van der Waals surface area contributed by atoms with Crippen LogP contribution < -0.4 is 0 Å². The SMILES string of the molecule is CCCCc1nc(Cl)c(CC(=O)O)n1Cc1ccccc1. The zero-order valence-electron chi connectivity index (χ0n) is 12.1. The minimum absolute atomic E-state index is 0.106. The minimum Gasteiger partial charge on any atom is -0.481 e. The number of rotatable bonds is 7. The zero-order chi connectivity index (χ0) is 15.2. The molecule has 0 amide bonds. The maximum atomic E-state index is 11.0. The molecule has 0 radical (unpaired) electrons. The fourth-order valence-corrected chi connectivity index (χ4v) is 2.56. The Labute approximate surface area is 129 Å². The molecule has 1 N–H and O–H groups in total. The van der Waals surface area contributed by atoms with Crippen LogP contribution in [-0.2, 0) is 24.2 Å². The normalized spacial score (nSPS) is 10.8. The molecule has 0 aliphatic heterocycles. The first-order valence-corrected chi connectivity index (χ1v) is 7.49. The van der Waals surface area contributed by atoms with Gasteiger partial charge in [0.1, 0.15) is 5.82 Å². The van der Waals surface area contributed by atoms with E-state index in [0.717, 1.165) is 30.7 Å². The van der Waals surface area contributed by atoms with Gasteiger partial charge in [0.05, 0.1) is 12.1 Å². The fraction of sp³-hybridized carbons (Fsp3) is 0.375. The van der Waals surface area contributed by atoms with Crippen LogP contribution in [0, 0.1) is 0 Å². The van der Waals surface area contributed by atoms with E-state index >= 15 is 0 Å². The molecular weight excluding hydrogens is 288 g/mol. The molecule has 5 heteroatoms. The summed E-state index contributed by atoms with van der Waals surface area (Å²) in [4.78, 5) is 15.4. The Morgan fingerprint density at radius 3 is 2.67 bits per heavy atom. The number of carboxylic acids is 1. The monoisotopic (exact) mass is 306 g/mol. The van der Waals surface area contributed by atoms with Crippen molar-refractivity contribution in [3.8, 4) is 0 Å². The van der Waals surface area contributed by atoms with E-state index in [1.54, 1.807) is 0 Å². The number of halogens is 1. The zero-order valence-corrected chi connectivity index (χ0v) is 12.8. The number of aromatic nitrogens is 2. The molecule has 0 saturated heterocycles. The van der Waals surface area contributed by atoms with Gasteiger partial charge in [-0.05, 0) is 12.0 Å². The summed E-state index contributed by atoms with van der Waals surface area (Å²) >= 11 is 6.14. The fourth-order valence-electron chi connectivity index (χ4n) is 2.30. The van der Waals surface area contributed by atoms with E-state index in [9.17, 15) is 4.79 Å². The van der Waals surface area contributed by atoms with Crippen LogP contribution in [0.2, 0.25) is 5.15 Å². The highest BCUT2D eigenvalue weighted by Crippen LogP contribution is 2.21. The average Bonchev–Trinajstić information content (AvgIpc) is 2.74. The number of benzene rings is 1. The molecule has 0 bridgehead atoms. The van der Waals surface area contributed by atoms with Gasteiger partial charge in [-0.2, -0.15) is 0 Å². The molecule has 0 unspecified atom stereocenters. The third-order valence-corrected chi connectivity index (χ3v) is 3.66. The Balaban J connectivity index is 2.35. The van der Waals surface area contributed by atoms with Crippen LogP contribution in [0.5, 0.6) is 0 Å². The molecule has 21 heavy (non-hydrogen) atoms. The highest BCUT2D eigenvalue weighted by Gasteiger charge is 2.18. The van der Waals surface area contributed by atoms with Crippen molar-refractivity contribution in [3.63, 3.8) is 0 Å². The summed E-state index contributed by atoms with van der Waals surface area (Å²) in [7, 11) is 0. The minimum atomic E-state index is -0.895. The van der Waals surface area contributed by atoms with Gasteiger partial charge in [0.25, 0.3) is 0 Å². The maximum Gasteiger partial charge on any atom is 0.309 e. The highest BCUT2D eigenvalue weighted by molar-refractivity contribution is 6.30. The van der Waals surface area contributed by atoms with E-state index in [1.165, 1.54) is 0 Å². The first kappa shape index (κ1) is 15.6. The van der Waals surface area contributed by atoms with Gasteiger partial charge in [-0.3, -0.25) is 4.79 Å². The van der Waals surface area contributed by atoms with Crippen molar-refractivity contribution in [2.75, 3.05) is 0 Å². The molecule has 0 aliphatic rings. The lowest BCUT2D eigenvalue weighted by Crippen LogP contribution is -2.12. The molecular formula is C16H19ClN2O2. The Morgan fingerprint density at radius 2 is 2.05 bits per heavy atom. The summed E-state index contributed by atoms with van der Waals surface area (Å²) in [5.74, 6) is -0.0323. The summed E-state index contributed by atoms with van der Waals surface area (Å²) in [6.45, 7) is 2.71. The molecule has 0 atom stereocenters. The third-order valence-electron chi connectivity index (χ3n) is 3.36. The summed E-state index contributed by atoms with van der Waals surface area (Å²) in [5, 5.41) is 9.37. The summed E-state index contributed by atoms with van der Waals surface area (Å²) in [5.41, 5.74) is 1.69. The van der Waals surface area contributed by atoms with Crippen LogP contribution in [0.25, 0.3) is 0 Å². The van der Waals surface area contributed by atoms with Gasteiger partial charge in [-0.15, -0.1) is 0 Å². The summed E-state index contributed by atoms with van der Waals surface area (Å²) in [6, 6.07) is 9.93.